The van der Waals surface area contributed by atoms with Crippen LogP contribution in [0.2, 0.25) is 0 Å². The quantitative estimate of drug-likeness (QED) is 0.410. The fraction of sp³-hybridized carbons (Fsp3) is 0.722. The molecular formula is C18H34N2O5. The van der Waals surface area contributed by atoms with Crippen LogP contribution in [0.5, 0.6) is 0 Å². The summed E-state index contributed by atoms with van der Waals surface area (Å²) in [5.41, 5.74) is 0. The number of carbonyl (C=O) groups excluding carboxylic acids is 3. The van der Waals surface area contributed by atoms with Crippen LogP contribution in [-0.2, 0) is 23.9 Å². The summed E-state index contributed by atoms with van der Waals surface area (Å²) in [4.78, 5) is 34.8. The van der Waals surface area contributed by atoms with Gasteiger partial charge < -0.3 is 20.1 Å². The molecule has 1 aliphatic carbocycles. The van der Waals surface area contributed by atoms with Gasteiger partial charge in [0.2, 0.25) is 5.91 Å². The van der Waals surface area contributed by atoms with Gasteiger partial charge >= 0.3 is 0 Å². The summed E-state index contributed by atoms with van der Waals surface area (Å²) in [6.07, 6.45) is 5.56. The molecule has 1 saturated carbocycles. The first-order chi connectivity index (χ1) is 12.1. The third-order valence-electron chi connectivity index (χ3n) is 4.27. The van der Waals surface area contributed by atoms with E-state index in [0.717, 1.165) is 25.7 Å². The van der Waals surface area contributed by atoms with E-state index in [4.69, 9.17) is 9.47 Å². The van der Waals surface area contributed by atoms with Crippen molar-refractivity contribution in [1.82, 2.24) is 10.6 Å². The van der Waals surface area contributed by atoms with Gasteiger partial charge in [-0.05, 0) is 25.7 Å². The Balaban J connectivity index is 0. The minimum Gasteiger partial charge on any atom is -0.492 e. The van der Waals surface area contributed by atoms with E-state index in [9.17, 15) is 14.4 Å². The van der Waals surface area contributed by atoms with Crippen LogP contribution in [0.15, 0.2) is 12.8 Å². The minimum absolute atomic E-state index is 0. The molecule has 2 amide bonds. The fourth-order valence-corrected chi connectivity index (χ4v) is 2.86. The highest BCUT2D eigenvalue weighted by molar-refractivity contribution is 5.81. The second kappa shape index (κ2) is 12.5. The van der Waals surface area contributed by atoms with Crippen molar-refractivity contribution in [2.45, 2.75) is 51.5 Å². The number of amides is 2. The Hall–Kier alpha value is -1.89. The normalized spacial score (nSPS) is 19.7. The van der Waals surface area contributed by atoms with E-state index >= 15 is 0 Å². The van der Waals surface area contributed by atoms with Gasteiger partial charge in [-0.1, -0.05) is 13.5 Å². The number of carbonyl (C=O) groups is 3. The van der Waals surface area contributed by atoms with Crippen molar-refractivity contribution in [1.29, 1.82) is 0 Å². The first kappa shape index (κ1) is 21.2. The molecule has 0 bridgehead atoms. The Morgan fingerprint density at radius 1 is 1.16 bits per heavy atom. The maximum Gasteiger partial charge on any atom is 0.257 e. The van der Waals surface area contributed by atoms with Crippen LogP contribution in [-0.4, -0.2) is 50.0 Å². The Morgan fingerprint density at radius 3 is 2.52 bits per heavy atom. The lowest BCUT2D eigenvalue weighted by atomic mass is 9.83. The van der Waals surface area contributed by atoms with Crippen molar-refractivity contribution in [2.24, 2.45) is 5.92 Å². The summed E-state index contributed by atoms with van der Waals surface area (Å²) in [6, 6.07) is 0.164. The molecule has 1 aliphatic rings. The van der Waals surface area contributed by atoms with Crippen molar-refractivity contribution < 1.29 is 26.7 Å². The molecule has 25 heavy (non-hydrogen) atoms. The molecule has 0 aromatic carbocycles. The van der Waals surface area contributed by atoms with Gasteiger partial charge in [-0.3, -0.25) is 14.4 Å². The number of hydrogen-bond donors (Lipinski definition) is 2. The maximum atomic E-state index is 11.9. The Labute approximate surface area is 152 Å². The van der Waals surface area contributed by atoms with Crippen LogP contribution in [0.1, 0.15) is 48.3 Å². The van der Waals surface area contributed by atoms with E-state index in [-0.39, 0.29) is 33.2 Å². The lowest BCUT2D eigenvalue weighted by Crippen LogP contribution is -2.39. The van der Waals surface area contributed by atoms with Gasteiger partial charge in [0.1, 0.15) is 5.78 Å². The first-order valence-corrected chi connectivity index (χ1v) is 8.95. The summed E-state index contributed by atoms with van der Waals surface area (Å²) >= 11 is 0. The number of ketones is 1. The van der Waals surface area contributed by atoms with Gasteiger partial charge in [0.05, 0.1) is 19.5 Å². The lowest BCUT2D eigenvalue weighted by molar-refractivity contribution is -0.125. The van der Waals surface area contributed by atoms with Crippen LogP contribution >= 0.6 is 0 Å². The van der Waals surface area contributed by atoms with E-state index in [0.29, 0.717) is 38.4 Å². The number of hydrogen-bond acceptors (Lipinski definition) is 5. The molecule has 1 fully saturated rings. The Morgan fingerprint density at radius 2 is 1.88 bits per heavy atom. The van der Waals surface area contributed by atoms with E-state index in [1.54, 1.807) is 0 Å². The third-order valence-corrected chi connectivity index (χ3v) is 4.27. The molecule has 146 valence electrons. The molecular weight excluding hydrogens is 324 g/mol. The molecule has 0 radical (unpaired) electrons. The molecule has 0 aromatic rings. The van der Waals surface area contributed by atoms with E-state index in [2.05, 4.69) is 17.2 Å². The number of rotatable bonds is 12. The fourth-order valence-electron chi connectivity index (χ4n) is 2.86. The number of Topliss-reactive ketones (excluding diaryl/α,β-unsaturated/α-hetero) is 1. The standard InChI is InChI=1S/C18H30N2O5.2H2/c1-3-16(21)14-5-7-15(8-6-14)20-17(22)9-11-25-12-10-19-18(23)13-24-4-2;;/h4,14-15H,2-3,5-13H2,1H3,(H,19,23)(H,20,22);2*1H. The zero-order valence-corrected chi connectivity index (χ0v) is 15.1. The highest BCUT2D eigenvalue weighted by atomic mass is 16.5. The molecule has 0 atom stereocenters. The van der Waals surface area contributed by atoms with E-state index in [1.165, 1.54) is 6.26 Å². The predicted molar refractivity (Wildman–Crippen MR) is 98.0 cm³/mol. The molecule has 0 saturated heterocycles. The summed E-state index contributed by atoms with van der Waals surface area (Å²) in [5.74, 6) is 0.238. The van der Waals surface area contributed by atoms with Crippen LogP contribution in [0.4, 0.5) is 0 Å². The Kier molecular flexibility index (Phi) is 10.6. The molecule has 0 spiro atoms. The predicted octanol–water partition coefficient (Wildman–Crippen LogP) is 1.82. The zero-order valence-electron chi connectivity index (χ0n) is 15.1. The smallest absolute Gasteiger partial charge is 0.257 e. The monoisotopic (exact) mass is 358 g/mol. The molecule has 0 aliphatic heterocycles. The van der Waals surface area contributed by atoms with Gasteiger partial charge in [-0.25, -0.2) is 0 Å². The van der Waals surface area contributed by atoms with Gasteiger partial charge in [-0.15, -0.1) is 0 Å². The Bertz CT molecular complexity index is 455. The molecule has 2 N–H and O–H groups in total. The number of nitrogens with one attached hydrogen (secondary N) is 2. The summed E-state index contributed by atoms with van der Waals surface area (Å²) in [7, 11) is 0. The lowest BCUT2D eigenvalue weighted by Gasteiger charge is -2.28. The maximum absolute atomic E-state index is 11.9. The van der Waals surface area contributed by atoms with Crippen molar-refractivity contribution in [3.05, 3.63) is 12.8 Å². The van der Waals surface area contributed by atoms with Gasteiger partial charge in [0, 0.05) is 34.2 Å². The molecule has 7 heteroatoms. The van der Waals surface area contributed by atoms with Crippen LogP contribution in [0.3, 0.4) is 0 Å². The molecule has 7 nitrogen and oxygen atoms in total. The molecule has 0 unspecified atom stereocenters. The first-order valence-electron chi connectivity index (χ1n) is 8.95. The topological polar surface area (TPSA) is 93.7 Å². The molecule has 0 aromatic heterocycles. The second-order valence-electron chi connectivity index (χ2n) is 6.13. The van der Waals surface area contributed by atoms with Gasteiger partial charge in [0.25, 0.3) is 5.91 Å². The number of ether oxygens (including phenoxy) is 2. The third kappa shape index (κ3) is 9.24. The van der Waals surface area contributed by atoms with E-state index < -0.39 is 0 Å². The zero-order chi connectivity index (χ0) is 18.5. The highest BCUT2D eigenvalue weighted by Gasteiger charge is 2.25. The van der Waals surface area contributed by atoms with Gasteiger partial charge in [0.15, 0.2) is 6.61 Å². The van der Waals surface area contributed by atoms with Crippen molar-refractivity contribution in [3.8, 4) is 0 Å². The average Bonchev–Trinajstić information content (AvgIpc) is 2.62. The summed E-state index contributed by atoms with van der Waals surface area (Å²) in [6.45, 7) is 6.22. The summed E-state index contributed by atoms with van der Waals surface area (Å²) in [5, 5.41) is 5.63. The van der Waals surface area contributed by atoms with Crippen molar-refractivity contribution in [3.63, 3.8) is 0 Å². The average molecular weight is 358 g/mol. The van der Waals surface area contributed by atoms with E-state index in [1.807, 2.05) is 6.92 Å². The van der Waals surface area contributed by atoms with Crippen molar-refractivity contribution >= 4 is 17.6 Å². The van der Waals surface area contributed by atoms with Crippen LogP contribution in [0.25, 0.3) is 0 Å². The summed E-state index contributed by atoms with van der Waals surface area (Å²) < 4.78 is 10.1. The minimum atomic E-state index is -0.238. The molecule has 1 rings (SSSR count). The SMILES string of the molecule is C=COCC(=O)NCCOCCC(=O)NC1CCC(C(=O)CC)CC1.[HH].[HH]. The van der Waals surface area contributed by atoms with Crippen molar-refractivity contribution in [2.75, 3.05) is 26.4 Å². The molecule has 0 heterocycles. The van der Waals surface area contributed by atoms with Crippen LogP contribution in [0, 0.1) is 5.92 Å². The largest absolute Gasteiger partial charge is 0.492 e. The highest BCUT2D eigenvalue weighted by Crippen LogP contribution is 2.25. The van der Waals surface area contributed by atoms with Crippen LogP contribution < -0.4 is 10.6 Å². The van der Waals surface area contributed by atoms with Gasteiger partial charge in [-0.2, -0.15) is 0 Å². The second-order valence-corrected chi connectivity index (χ2v) is 6.13.